The number of hydrogen-bond acceptors (Lipinski definition) is 5. The van der Waals surface area contributed by atoms with E-state index in [4.69, 9.17) is 10.2 Å². The van der Waals surface area contributed by atoms with Gasteiger partial charge in [-0.05, 0) is 19.1 Å². The fourth-order valence-corrected chi connectivity index (χ4v) is 1.43. The third kappa shape index (κ3) is 3.44. The number of nitrogens with one attached hydrogen (secondary N) is 1. The van der Waals surface area contributed by atoms with E-state index < -0.39 is 12.0 Å². The van der Waals surface area contributed by atoms with Crippen LogP contribution in [0.25, 0.3) is 0 Å². The number of aliphatic hydroxyl groups is 2. The van der Waals surface area contributed by atoms with Crippen LogP contribution in [0.2, 0.25) is 0 Å². The average Bonchev–Trinajstić information content (AvgIpc) is 2.36. The zero-order valence-corrected chi connectivity index (χ0v) is 9.93. The molecule has 0 spiro atoms. The lowest BCUT2D eigenvalue weighted by Crippen LogP contribution is -2.28. The van der Waals surface area contributed by atoms with Crippen LogP contribution in [-0.2, 0) is 4.74 Å². The Bertz CT molecular complexity index is 388. The number of aryl methyl sites for hydroxylation is 1. The van der Waals surface area contributed by atoms with Crippen molar-refractivity contribution in [3.05, 3.63) is 29.3 Å². The number of aliphatic hydroxyl groups excluding tert-OH is 2. The first-order valence-electron chi connectivity index (χ1n) is 5.29. The Balaban J connectivity index is 3.01. The van der Waals surface area contributed by atoms with E-state index in [1.807, 2.05) is 13.0 Å². The van der Waals surface area contributed by atoms with Gasteiger partial charge in [-0.15, -0.1) is 0 Å². The number of anilines is 1. The van der Waals surface area contributed by atoms with Crippen LogP contribution in [0, 0.1) is 6.92 Å². The summed E-state index contributed by atoms with van der Waals surface area (Å²) < 4.78 is 4.68. The lowest BCUT2D eigenvalue weighted by molar-refractivity contribution is 0.0601. The molecule has 0 saturated carbocycles. The van der Waals surface area contributed by atoms with Crippen molar-refractivity contribution in [3.8, 4) is 0 Å². The van der Waals surface area contributed by atoms with Gasteiger partial charge in [-0.1, -0.05) is 11.6 Å². The normalized spacial score (nSPS) is 10.4. The predicted molar refractivity (Wildman–Crippen MR) is 64.1 cm³/mol. The molecule has 1 rings (SSSR count). The van der Waals surface area contributed by atoms with Crippen molar-refractivity contribution in [1.29, 1.82) is 0 Å². The smallest absolute Gasteiger partial charge is 0.339 e. The van der Waals surface area contributed by atoms with Gasteiger partial charge in [0.15, 0.2) is 0 Å². The molecule has 0 fully saturated rings. The quantitative estimate of drug-likeness (QED) is 0.654. The van der Waals surface area contributed by atoms with Gasteiger partial charge in [-0.25, -0.2) is 4.79 Å². The SMILES string of the molecule is COC(=O)c1cc(C)ccc1NC(CO)CO. The molecule has 0 saturated heterocycles. The van der Waals surface area contributed by atoms with Crippen molar-refractivity contribution in [2.75, 3.05) is 25.6 Å². The van der Waals surface area contributed by atoms with E-state index in [1.165, 1.54) is 7.11 Å². The Morgan fingerprint density at radius 1 is 1.41 bits per heavy atom. The van der Waals surface area contributed by atoms with E-state index in [-0.39, 0.29) is 13.2 Å². The lowest BCUT2D eigenvalue weighted by atomic mass is 10.1. The molecule has 17 heavy (non-hydrogen) atoms. The van der Waals surface area contributed by atoms with Crippen molar-refractivity contribution in [2.24, 2.45) is 0 Å². The third-order valence-electron chi connectivity index (χ3n) is 2.38. The summed E-state index contributed by atoms with van der Waals surface area (Å²) in [6.45, 7) is 1.43. The van der Waals surface area contributed by atoms with E-state index in [2.05, 4.69) is 10.1 Å². The molecule has 0 aliphatic rings. The minimum atomic E-state index is -0.499. The number of methoxy groups -OCH3 is 1. The van der Waals surface area contributed by atoms with Gasteiger partial charge in [0, 0.05) is 5.69 Å². The fourth-order valence-electron chi connectivity index (χ4n) is 1.43. The number of hydrogen-bond donors (Lipinski definition) is 3. The number of esters is 1. The molecule has 1 aromatic carbocycles. The maximum atomic E-state index is 11.6. The second-order valence-electron chi connectivity index (χ2n) is 3.75. The summed E-state index contributed by atoms with van der Waals surface area (Å²) in [5.74, 6) is -0.453. The summed E-state index contributed by atoms with van der Waals surface area (Å²) in [4.78, 5) is 11.6. The number of carbonyl (C=O) groups excluding carboxylic acids is 1. The molecule has 0 heterocycles. The minimum absolute atomic E-state index is 0.217. The third-order valence-corrected chi connectivity index (χ3v) is 2.38. The molecule has 5 nitrogen and oxygen atoms in total. The standard InChI is InChI=1S/C12H17NO4/c1-8-3-4-11(13-9(6-14)7-15)10(5-8)12(16)17-2/h3-5,9,13-15H,6-7H2,1-2H3. The minimum Gasteiger partial charge on any atom is -0.465 e. The predicted octanol–water partition coefficient (Wildman–Crippen LogP) is 0.547. The van der Waals surface area contributed by atoms with E-state index in [0.29, 0.717) is 11.3 Å². The van der Waals surface area contributed by atoms with Gasteiger partial charge in [0.25, 0.3) is 0 Å². The summed E-state index contributed by atoms with van der Waals surface area (Å²) in [6, 6.07) is 4.75. The summed E-state index contributed by atoms with van der Waals surface area (Å²) in [5, 5.41) is 20.9. The second kappa shape index (κ2) is 6.22. The first kappa shape index (κ1) is 13.5. The maximum Gasteiger partial charge on any atom is 0.339 e. The van der Waals surface area contributed by atoms with E-state index in [1.54, 1.807) is 12.1 Å². The van der Waals surface area contributed by atoms with E-state index in [9.17, 15) is 4.79 Å². The molecule has 5 heteroatoms. The lowest BCUT2D eigenvalue weighted by Gasteiger charge is -2.17. The van der Waals surface area contributed by atoms with Gasteiger partial charge in [0.1, 0.15) is 0 Å². The van der Waals surface area contributed by atoms with Crippen LogP contribution in [0.3, 0.4) is 0 Å². The Labute approximate surface area is 100 Å². The number of rotatable bonds is 5. The zero-order valence-electron chi connectivity index (χ0n) is 9.93. The van der Waals surface area contributed by atoms with Gasteiger partial charge < -0.3 is 20.3 Å². The highest BCUT2D eigenvalue weighted by Gasteiger charge is 2.14. The molecule has 0 unspecified atom stereocenters. The molecule has 0 bridgehead atoms. The summed E-state index contributed by atoms with van der Waals surface area (Å²) in [5.41, 5.74) is 1.86. The number of benzene rings is 1. The van der Waals surface area contributed by atoms with Crippen molar-refractivity contribution in [1.82, 2.24) is 0 Å². The molecule has 0 amide bonds. The van der Waals surface area contributed by atoms with Crippen molar-refractivity contribution in [3.63, 3.8) is 0 Å². The van der Waals surface area contributed by atoms with Crippen molar-refractivity contribution < 1.29 is 19.7 Å². The van der Waals surface area contributed by atoms with Gasteiger partial charge in [0.2, 0.25) is 0 Å². The molecule has 0 radical (unpaired) electrons. The maximum absolute atomic E-state index is 11.6. The van der Waals surface area contributed by atoms with Crippen LogP contribution in [0.15, 0.2) is 18.2 Å². The monoisotopic (exact) mass is 239 g/mol. The van der Waals surface area contributed by atoms with Gasteiger partial charge in [0.05, 0.1) is 31.9 Å². The Hall–Kier alpha value is -1.59. The molecule has 0 aromatic heterocycles. The topological polar surface area (TPSA) is 78.8 Å². The second-order valence-corrected chi connectivity index (χ2v) is 3.75. The zero-order chi connectivity index (χ0) is 12.8. The Morgan fingerprint density at radius 3 is 2.59 bits per heavy atom. The van der Waals surface area contributed by atoms with Gasteiger partial charge in [-0.2, -0.15) is 0 Å². The highest BCUT2D eigenvalue weighted by Crippen LogP contribution is 2.19. The summed E-state index contributed by atoms with van der Waals surface area (Å²) >= 11 is 0. The van der Waals surface area contributed by atoms with Crippen molar-refractivity contribution in [2.45, 2.75) is 13.0 Å². The van der Waals surface area contributed by atoms with Crippen LogP contribution in [0.4, 0.5) is 5.69 Å². The van der Waals surface area contributed by atoms with Crippen LogP contribution >= 0.6 is 0 Å². The Morgan fingerprint density at radius 2 is 2.06 bits per heavy atom. The number of ether oxygens (including phenoxy) is 1. The van der Waals surface area contributed by atoms with Gasteiger partial charge >= 0.3 is 5.97 Å². The fraction of sp³-hybridized carbons (Fsp3) is 0.417. The molecule has 0 atom stereocenters. The average molecular weight is 239 g/mol. The highest BCUT2D eigenvalue weighted by atomic mass is 16.5. The van der Waals surface area contributed by atoms with Crippen LogP contribution < -0.4 is 5.32 Å². The van der Waals surface area contributed by atoms with E-state index >= 15 is 0 Å². The largest absolute Gasteiger partial charge is 0.465 e. The van der Waals surface area contributed by atoms with Crippen LogP contribution in [-0.4, -0.2) is 42.5 Å². The molecular formula is C12H17NO4. The van der Waals surface area contributed by atoms with E-state index in [0.717, 1.165) is 5.56 Å². The Kier molecular flexibility index (Phi) is 4.93. The van der Waals surface area contributed by atoms with Gasteiger partial charge in [-0.3, -0.25) is 0 Å². The first-order chi connectivity index (χ1) is 8.12. The molecular weight excluding hydrogens is 222 g/mol. The number of carbonyl (C=O) groups is 1. The molecule has 94 valence electrons. The highest BCUT2D eigenvalue weighted by molar-refractivity contribution is 5.95. The molecule has 0 aliphatic carbocycles. The molecule has 3 N–H and O–H groups in total. The molecule has 0 aliphatic heterocycles. The summed E-state index contributed by atoms with van der Waals surface area (Å²) in [6.07, 6.45) is 0. The molecule has 1 aromatic rings. The summed E-state index contributed by atoms with van der Waals surface area (Å²) in [7, 11) is 1.31. The van der Waals surface area contributed by atoms with Crippen LogP contribution in [0.5, 0.6) is 0 Å². The first-order valence-corrected chi connectivity index (χ1v) is 5.29. The van der Waals surface area contributed by atoms with Crippen LogP contribution in [0.1, 0.15) is 15.9 Å². The van der Waals surface area contributed by atoms with Crippen molar-refractivity contribution >= 4 is 11.7 Å².